The van der Waals surface area contributed by atoms with Gasteiger partial charge in [0.05, 0.1) is 11.1 Å². The van der Waals surface area contributed by atoms with E-state index in [1.807, 2.05) is 0 Å². The zero-order chi connectivity index (χ0) is 11.1. The van der Waals surface area contributed by atoms with Crippen molar-refractivity contribution in [2.75, 3.05) is 14.2 Å². The van der Waals surface area contributed by atoms with Crippen molar-refractivity contribution >= 4 is 5.91 Å². The number of methoxy groups -OCH3 is 2. The number of benzene rings is 1. The predicted octanol–water partition coefficient (Wildman–Crippen LogP) is 0.972. The van der Waals surface area contributed by atoms with Crippen LogP contribution in [0.1, 0.15) is 15.9 Å². The van der Waals surface area contributed by atoms with Crippen molar-refractivity contribution in [3.8, 4) is 0 Å². The lowest BCUT2D eigenvalue weighted by molar-refractivity contribution is -0.226. The van der Waals surface area contributed by atoms with Crippen molar-refractivity contribution in [1.82, 2.24) is 5.32 Å². The lowest BCUT2D eigenvalue weighted by Crippen LogP contribution is -2.43. The average Bonchev–Trinajstić information content (AvgIpc) is 2.54. The van der Waals surface area contributed by atoms with Crippen LogP contribution in [0.25, 0.3) is 0 Å². The third-order valence-electron chi connectivity index (χ3n) is 2.44. The van der Waals surface area contributed by atoms with Crippen LogP contribution in [0.2, 0.25) is 0 Å². The molecule has 4 nitrogen and oxygen atoms in total. The number of carbonyl (C=O) groups is 1. The van der Waals surface area contributed by atoms with Crippen LogP contribution in [0, 0.1) is 5.82 Å². The van der Waals surface area contributed by atoms with Crippen molar-refractivity contribution in [3.63, 3.8) is 0 Å². The van der Waals surface area contributed by atoms with E-state index < -0.39 is 17.6 Å². The maximum absolute atomic E-state index is 13.6. The minimum Gasteiger partial charge on any atom is -0.332 e. The number of amides is 1. The lowest BCUT2D eigenvalue weighted by atomic mass is 10.1. The molecule has 0 atom stereocenters. The molecule has 1 aliphatic heterocycles. The summed E-state index contributed by atoms with van der Waals surface area (Å²) in [4.78, 5) is 11.5. The van der Waals surface area contributed by atoms with Crippen molar-refractivity contribution in [2.24, 2.45) is 0 Å². The molecule has 0 unspecified atom stereocenters. The molecule has 5 heteroatoms. The minimum absolute atomic E-state index is 0.0972. The first-order valence-electron chi connectivity index (χ1n) is 4.36. The van der Waals surface area contributed by atoms with Crippen LogP contribution in [-0.4, -0.2) is 20.1 Å². The summed E-state index contributed by atoms with van der Waals surface area (Å²) in [6.45, 7) is 0. The average molecular weight is 211 g/mol. The summed E-state index contributed by atoms with van der Waals surface area (Å²) >= 11 is 0. The molecule has 1 heterocycles. The topological polar surface area (TPSA) is 47.6 Å². The summed E-state index contributed by atoms with van der Waals surface area (Å²) < 4.78 is 23.6. The molecule has 1 aromatic rings. The Morgan fingerprint density at radius 3 is 2.60 bits per heavy atom. The Hall–Kier alpha value is -1.46. The quantitative estimate of drug-likeness (QED) is 0.741. The van der Waals surface area contributed by atoms with E-state index in [0.29, 0.717) is 0 Å². The number of rotatable bonds is 2. The highest BCUT2D eigenvalue weighted by atomic mass is 19.1. The maximum atomic E-state index is 13.6. The van der Waals surface area contributed by atoms with Gasteiger partial charge in [0.15, 0.2) is 0 Å². The molecule has 0 bridgehead atoms. The molecule has 1 amide bonds. The second-order valence-electron chi connectivity index (χ2n) is 3.14. The highest BCUT2D eigenvalue weighted by Gasteiger charge is 2.46. The third-order valence-corrected chi connectivity index (χ3v) is 2.44. The first kappa shape index (κ1) is 10.1. The van der Waals surface area contributed by atoms with Gasteiger partial charge in [0.1, 0.15) is 5.82 Å². The molecular formula is C10H10FNO3. The second-order valence-corrected chi connectivity index (χ2v) is 3.14. The van der Waals surface area contributed by atoms with Crippen LogP contribution in [0.3, 0.4) is 0 Å². The monoisotopic (exact) mass is 211 g/mol. The van der Waals surface area contributed by atoms with Gasteiger partial charge in [-0.3, -0.25) is 10.1 Å². The van der Waals surface area contributed by atoms with E-state index in [4.69, 9.17) is 9.47 Å². The Kier molecular flexibility index (Phi) is 2.21. The Labute approximate surface area is 86.0 Å². The molecule has 0 saturated heterocycles. The molecule has 0 aliphatic carbocycles. The number of nitrogens with one attached hydrogen (secondary N) is 1. The predicted molar refractivity (Wildman–Crippen MR) is 49.6 cm³/mol. The molecule has 0 fully saturated rings. The molecule has 0 spiro atoms. The van der Waals surface area contributed by atoms with E-state index in [9.17, 15) is 9.18 Å². The lowest BCUT2D eigenvalue weighted by Gasteiger charge is -2.26. The van der Waals surface area contributed by atoms with Crippen LogP contribution in [0.5, 0.6) is 0 Å². The molecule has 0 radical (unpaired) electrons. The van der Waals surface area contributed by atoms with E-state index >= 15 is 0 Å². The van der Waals surface area contributed by atoms with E-state index in [-0.39, 0.29) is 11.1 Å². The van der Waals surface area contributed by atoms with Crippen LogP contribution < -0.4 is 5.32 Å². The van der Waals surface area contributed by atoms with Gasteiger partial charge in [-0.2, -0.15) is 0 Å². The van der Waals surface area contributed by atoms with Crippen molar-refractivity contribution < 1.29 is 18.7 Å². The Morgan fingerprint density at radius 2 is 2.00 bits per heavy atom. The van der Waals surface area contributed by atoms with Gasteiger partial charge in [0.25, 0.3) is 11.8 Å². The van der Waals surface area contributed by atoms with Gasteiger partial charge in [-0.25, -0.2) is 4.39 Å². The van der Waals surface area contributed by atoms with Crippen molar-refractivity contribution in [3.05, 3.63) is 35.1 Å². The van der Waals surface area contributed by atoms with Gasteiger partial charge >= 0.3 is 0 Å². The summed E-state index contributed by atoms with van der Waals surface area (Å²) in [7, 11) is 2.68. The first-order valence-corrected chi connectivity index (χ1v) is 4.36. The second kappa shape index (κ2) is 3.29. The van der Waals surface area contributed by atoms with Crippen LogP contribution in [-0.2, 0) is 15.4 Å². The van der Waals surface area contributed by atoms with E-state index in [1.165, 1.54) is 32.4 Å². The summed E-state index contributed by atoms with van der Waals surface area (Å²) in [6, 6.07) is 4.24. The van der Waals surface area contributed by atoms with Gasteiger partial charge in [-0.1, -0.05) is 6.07 Å². The van der Waals surface area contributed by atoms with Gasteiger partial charge in [-0.15, -0.1) is 0 Å². The molecule has 15 heavy (non-hydrogen) atoms. The maximum Gasteiger partial charge on any atom is 0.283 e. The van der Waals surface area contributed by atoms with Crippen LogP contribution in [0.15, 0.2) is 18.2 Å². The highest BCUT2D eigenvalue weighted by Crippen LogP contribution is 2.34. The minimum atomic E-state index is -1.50. The fourth-order valence-electron chi connectivity index (χ4n) is 1.72. The molecule has 2 rings (SSSR count). The fraction of sp³-hybridized carbons (Fsp3) is 0.300. The summed E-state index contributed by atoms with van der Waals surface area (Å²) in [6.07, 6.45) is 0. The van der Waals surface area contributed by atoms with Gasteiger partial charge < -0.3 is 9.47 Å². The SMILES string of the molecule is COC1(OC)NC(=O)c2cccc(F)c21. The number of ether oxygens (including phenoxy) is 2. The number of halogens is 1. The number of fused-ring (bicyclic) bond motifs is 1. The Bertz CT molecular complexity index is 415. The molecule has 80 valence electrons. The Balaban J connectivity index is 2.67. The molecular weight excluding hydrogens is 201 g/mol. The van der Waals surface area contributed by atoms with Gasteiger partial charge in [0, 0.05) is 14.2 Å². The van der Waals surface area contributed by atoms with Gasteiger partial charge in [-0.05, 0) is 12.1 Å². The largest absolute Gasteiger partial charge is 0.332 e. The molecule has 1 aliphatic rings. The van der Waals surface area contributed by atoms with Crippen LogP contribution in [0.4, 0.5) is 4.39 Å². The zero-order valence-electron chi connectivity index (χ0n) is 8.33. The highest BCUT2D eigenvalue weighted by molar-refractivity contribution is 5.99. The van der Waals surface area contributed by atoms with E-state index in [0.717, 1.165) is 0 Å². The summed E-state index contributed by atoms with van der Waals surface area (Å²) in [5, 5.41) is 2.45. The number of hydrogen-bond acceptors (Lipinski definition) is 3. The van der Waals surface area contributed by atoms with Crippen LogP contribution >= 0.6 is 0 Å². The van der Waals surface area contributed by atoms with E-state index in [2.05, 4.69) is 5.32 Å². The van der Waals surface area contributed by atoms with E-state index in [1.54, 1.807) is 0 Å². The Morgan fingerprint density at radius 1 is 1.33 bits per heavy atom. The molecule has 0 aromatic heterocycles. The number of carbonyl (C=O) groups excluding carboxylic acids is 1. The fourth-order valence-corrected chi connectivity index (χ4v) is 1.72. The van der Waals surface area contributed by atoms with Crippen molar-refractivity contribution in [2.45, 2.75) is 5.91 Å². The summed E-state index contributed by atoms with van der Waals surface area (Å²) in [5.41, 5.74) is 0.332. The summed E-state index contributed by atoms with van der Waals surface area (Å²) in [5.74, 6) is -2.44. The third kappa shape index (κ3) is 1.24. The van der Waals surface area contributed by atoms with Gasteiger partial charge in [0.2, 0.25) is 0 Å². The normalized spacial score (nSPS) is 17.4. The molecule has 1 aromatic carbocycles. The smallest absolute Gasteiger partial charge is 0.283 e. The number of hydrogen-bond donors (Lipinski definition) is 1. The molecule has 1 N–H and O–H groups in total. The standard InChI is InChI=1S/C10H10FNO3/c1-14-10(15-2)8-6(9(13)12-10)4-3-5-7(8)11/h3-5H,1-2H3,(H,12,13). The first-order chi connectivity index (χ1) is 7.14. The molecule has 0 saturated carbocycles. The zero-order valence-corrected chi connectivity index (χ0v) is 8.33. The van der Waals surface area contributed by atoms with Crippen molar-refractivity contribution in [1.29, 1.82) is 0 Å².